The number of hydrogen-bond acceptors (Lipinski definition) is 3. The highest BCUT2D eigenvalue weighted by Gasteiger charge is 2.13. The van der Waals surface area contributed by atoms with E-state index in [-0.39, 0.29) is 17.2 Å². The zero-order valence-electron chi connectivity index (χ0n) is 9.85. The molecule has 0 aliphatic rings. The van der Waals surface area contributed by atoms with Gasteiger partial charge in [-0.25, -0.2) is 0 Å². The van der Waals surface area contributed by atoms with Crippen LogP contribution in [-0.2, 0) is 0 Å². The summed E-state index contributed by atoms with van der Waals surface area (Å²) in [7, 11) is 0. The smallest absolute Gasteiger partial charge is 0.387 e. The van der Waals surface area contributed by atoms with Crippen LogP contribution in [0.2, 0.25) is 0 Å². The van der Waals surface area contributed by atoms with Crippen molar-refractivity contribution in [1.82, 2.24) is 0 Å². The van der Waals surface area contributed by atoms with Gasteiger partial charge in [-0.2, -0.15) is 8.78 Å². The van der Waals surface area contributed by atoms with Crippen LogP contribution >= 0.6 is 0 Å². The summed E-state index contributed by atoms with van der Waals surface area (Å²) in [6.45, 7) is -2.95. The van der Waals surface area contributed by atoms with Crippen LogP contribution in [0.25, 0.3) is 0 Å². The number of halogens is 2. The Kier molecular flexibility index (Phi) is 3.75. The van der Waals surface area contributed by atoms with E-state index >= 15 is 0 Å². The van der Waals surface area contributed by atoms with Gasteiger partial charge < -0.3 is 10.5 Å². The van der Waals surface area contributed by atoms with E-state index in [4.69, 9.17) is 5.73 Å². The Morgan fingerprint density at radius 1 is 1.05 bits per heavy atom. The molecule has 2 rings (SSSR count). The maximum atomic E-state index is 12.1. The Morgan fingerprint density at radius 3 is 2.32 bits per heavy atom. The molecule has 19 heavy (non-hydrogen) atoms. The van der Waals surface area contributed by atoms with Crippen molar-refractivity contribution >= 4 is 11.5 Å². The van der Waals surface area contributed by atoms with Crippen molar-refractivity contribution in [3.63, 3.8) is 0 Å². The van der Waals surface area contributed by atoms with Crippen molar-refractivity contribution in [1.29, 1.82) is 0 Å². The van der Waals surface area contributed by atoms with E-state index in [1.165, 1.54) is 18.2 Å². The van der Waals surface area contributed by atoms with Gasteiger partial charge in [-0.15, -0.1) is 0 Å². The molecule has 0 radical (unpaired) electrons. The average molecular weight is 263 g/mol. The molecule has 2 N–H and O–H groups in total. The summed E-state index contributed by atoms with van der Waals surface area (Å²) >= 11 is 0. The molecule has 0 spiro atoms. The number of alkyl halides is 2. The second-order valence-electron chi connectivity index (χ2n) is 3.83. The molecule has 0 unspecified atom stereocenters. The number of anilines is 1. The van der Waals surface area contributed by atoms with E-state index in [9.17, 15) is 13.6 Å². The Bertz CT molecular complexity index is 585. The van der Waals surface area contributed by atoms with Gasteiger partial charge in [0.05, 0.1) is 5.69 Å². The fraction of sp³-hybridized carbons (Fsp3) is 0.0714. The summed E-state index contributed by atoms with van der Waals surface area (Å²) in [5.41, 5.74) is 6.41. The molecule has 0 atom stereocenters. The number of rotatable bonds is 4. The van der Waals surface area contributed by atoms with Crippen LogP contribution in [-0.4, -0.2) is 12.4 Å². The maximum absolute atomic E-state index is 12.1. The Labute approximate surface area is 108 Å². The third kappa shape index (κ3) is 3.07. The van der Waals surface area contributed by atoms with Gasteiger partial charge >= 0.3 is 6.61 Å². The molecule has 0 amide bonds. The predicted octanol–water partition coefficient (Wildman–Crippen LogP) is 3.10. The highest BCUT2D eigenvalue weighted by Crippen LogP contribution is 2.25. The summed E-state index contributed by atoms with van der Waals surface area (Å²) in [4.78, 5) is 12.1. The number of ketones is 1. The molecule has 0 saturated carbocycles. The van der Waals surface area contributed by atoms with Crippen molar-refractivity contribution in [2.24, 2.45) is 0 Å². The topological polar surface area (TPSA) is 52.3 Å². The molecule has 0 heterocycles. The third-order valence-corrected chi connectivity index (χ3v) is 2.52. The van der Waals surface area contributed by atoms with Crippen LogP contribution in [0.3, 0.4) is 0 Å². The molecule has 2 aromatic carbocycles. The summed E-state index contributed by atoms with van der Waals surface area (Å²) in [5, 5.41) is 0. The van der Waals surface area contributed by atoms with E-state index in [0.29, 0.717) is 11.1 Å². The maximum Gasteiger partial charge on any atom is 0.387 e. The van der Waals surface area contributed by atoms with Crippen molar-refractivity contribution in [3.8, 4) is 5.75 Å². The first kappa shape index (κ1) is 13.0. The van der Waals surface area contributed by atoms with Gasteiger partial charge in [-0.05, 0) is 18.2 Å². The van der Waals surface area contributed by atoms with Crippen LogP contribution in [0.4, 0.5) is 14.5 Å². The molecule has 0 fully saturated rings. The predicted molar refractivity (Wildman–Crippen MR) is 67.4 cm³/mol. The number of hydrogen-bond donors (Lipinski definition) is 1. The lowest BCUT2D eigenvalue weighted by Crippen LogP contribution is -2.06. The van der Waals surface area contributed by atoms with Crippen LogP contribution < -0.4 is 10.5 Å². The Balaban J connectivity index is 2.27. The minimum atomic E-state index is -2.95. The summed E-state index contributed by atoms with van der Waals surface area (Å²) in [5.74, 6) is -0.365. The monoisotopic (exact) mass is 263 g/mol. The number of nitrogen functional groups attached to an aromatic ring is 1. The number of ether oxygens (including phenoxy) is 1. The first-order valence-electron chi connectivity index (χ1n) is 5.52. The first-order chi connectivity index (χ1) is 9.08. The van der Waals surface area contributed by atoms with E-state index in [1.807, 2.05) is 0 Å². The van der Waals surface area contributed by atoms with Gasteiger partial charge in [0, 0.05) is 11.1 Å². The fourth-order valence-corrected chi connectivity index (χ4v) is 1.65. The van der Waals surface area contributed by atoms with E-state index in [0.717, 1.165) is 0 Å². The van der Waals surface area contributed by atoms with Crippen LogP contribution in [0.15, 0.2) is 48.5 Å². The zero-order valence-corrected chi connectivity index (χ0v) is 9.85. The lowest BCUT2D eigenvalue weighted by Gasteiger charge is -2.09. The lowest BCUT2D eigenvalue weighted by molar-refractivity contribution is -0.0493. The minimum Gasteiger partial charge on any atom is -0.433 e. The number of carbonyl (C=O) groups is 1. The minimum absolute atomic E-state index is 0.00193. The molecule has 0 aromatic heterocycles. The number of benzene rings is 2. The Morgan fingerprint density at radius 2 is 1.74 bits per heavy atom. The van der Waals surface area contributed by atoms with Crippen LogP contribution in [0.1, 0.15) is 15.9 Å². The second-order valence-corrected chi connectivity index (χ2v) is 3.83. The van der Waals surface area contributed by atoms with Crippen molar-refractivity contribution in [2.45, 2.75) is 6.61 Å². The van der Waals surface area contributed by atoms with Gasteiger partial charge in [0.1, 0.15) is 5.75 Å². The second kappa shape index (κ2) is 5.48. The van der Waals surface area contributed by atoms with Crippen molar-refractivity contribution in [3.05, 3.63) is 59.7 Å². The van der Waals surface area contributed by atoms with Gasteiger partial charge in [0.15, 0.2) is 5.78 Å². The highest BCUT2D eigenvalue weighted by molar-refractivity contribution is 6.09. The van der Waals surface area contributed by atoms with E-state index < -0.39 is 6.61 Å². The normalized spacial score (nSPS) is 10.5. The SMILES string of the molecule is Nc1cc(C(=O)c2ccccc2)ccc1OC(F)F. The fourth-order valence-electron chi connectivity index (χ4n) is 1.65. The molecule has 0 aliphatic heterocycles. The molecular formula is C14H11F2NO2. The molecule has 0 bridgehead atoms. The molecule has 5 heteroatoms. The number of nitrogens with two attached hydrogens (primary N) is 1. The summed E-state index contributed by atoms with van der Waals surface area (Å²) < 4.78 is 28.4. The summed E-state index contributed by atoms with van der Waals surface area (Å²) in [6, 6.07) is 12.6. The molecular weight excluding hydrogens is 252 g/mol. The zero-order chi connectivity index (χ0) is 13.8. The van der Waals surface area contributed by atoms with E-state index in [2.05, 4.69) is 4.74 Å². The quantitative estimate of drug-likeness (QED) is 0.681. The standard InChI is InChI=1S/C14H11F2NO2/c15-14(16)19-12-7-6-10(8-11(12)17)13(18)9-4-2-1-3-5-9/h1-8,14H,17H2. The molecule has 0 saturated heterocycles. The lowest BCUT2D eigenvalue weighted by atomic mass is 10.0. The average Bonchev–Trinajstić information content (AvgIpc) is 2.41. The van der Waals surface area contributed by atoms with Gasteiger partial charge in [0.25, 0.3) is 0 Å². The van der Waals surface area contributed by atoms with Gasteiger partial charge in [0.2, 0.25) is 0 Å². The molecule has 0 aliphatic carbocycles. The highest BCUT2D eigenvalue weighted by atomic mass is 19.3. The third-order valence-electron chi connectivity index (χ3n) is 2.52. The van der Waals surface area contributed by atoms with Crippen molar-refractivity contribution in [2.75, 3.05) is 5.73 Å². The van der Waals surface area contributed by atoms with E-state index in [1.54, 1.807) is 30.3 Å². The van der Waals surface area contributed by atoms with Gasteiger partial charge in [-0.3, -0.25) is 4.79 Å². The molecule has 3 nitrogen and oxygen atoms in total. The van der Waals surface area contributed by atoms with Crippen molar-refractivity contribution < 1.29 is 18.3 Å². The first-order valence-corrected chi connectivity index (χ1v) is 5.52. The van der Waals surface area contributed by atoms with Gasteiger partial charge in [-0.1, -0.05) is 30.3 Å². The molecule has 98 valence electrons. The van der Waals surface area contributed by atoms with Crippen LogP contribution in [0, 0.1) is 0 Å². The largest absolute Gasteiger partial charge is 0.433 e. The Hall–Kier alpha value is -2.43. The van der Waals surface area contributed by atoms with Crippen LogP contribution in [0.5, 0.6) is 5.75 Å². The number of carbonyl (C=O) groups excluding carboxylic acids is 1. The molecule has 2 aromatic rings. The summed E-state index contributed by atoms with van der Waals surface area (Å²) in [6.07, 6.45) is 0.